The molecular weight excluding hydrogens is 280 g/mol. The molecule has 0 aromatic carbocycles. The van der Waals surface area contributed by atoms with E-state index in [4.69, 9.17) is 12.2 Å². The maximum atomic E-state index is 11.5. The maximum absolute atomic E-state index is 11.5. The number of thiocarbonyl (C=S) groups is 1. The smallest absolute Gasteiger partial charge is 0.169 e. The summed E-state index contributed by atoms with van der Waals surface area (Å²) in [6.45, 7) is 2.26. The Labute approximate surface area is 121 Å². The minimum Gasteiger partial charge on any atom is -0.360 e. The Morgan fingerprint density at radius 1 is 1.26 bits per heavy atom. The molecule has 1 aliphatic carbocycles. The van der Waals surface area contributed by atoms with Gasteiger partial charge in [0, 0.05) is 19.1 Å². The molecule has 1 saturated carbocycles. The van der Waals surface area contributed by atoms with Crippen LogP contribution in [0.25, 0.3) is 0 Å². The van der Waals surface area contributed by atoms with Gasteiger partial charge in [0.2, 0.25) is 0 Å². The lowest BCUT2D eigenvalue weighted by Crippen LogP contribution is -2.49. The van der Waals surface area contributed by atoms with E-state index in [2.05, 4.69) is 12.2 Å². The second-order valence-electron chi connectivity index (χ2n) is 5.99. The maximum Gasteiger partial charge on any atom is 0.169 e. The van der Waals surface area contributed by atoms with Crippen molar-refractivity contribution in [3.63, 3.8) is 0 Å². The van der Waals surface area contributed by atoms with Crippen LogP contribution in [0, 0.1) is 5.92 Å². The first kappa shape index (κ1) is 15.0. The van der Waals surface area contributed by atoms with Gasteiger partial charge >= 0.3 is 0 Å². The fourth-order valence-electron chi connectivity index (χ4n) is 3.04. The lowest BCUT2D eigenvalue weighted by atomic mass is 9.86. The monoisotopic (exact) mass is 304 g/mol. The highest BCUT2D eigenvalue weighted by Gasteiger charge is 2.32. The van der Waals surface area contributed by atoms with Crippen LogP contribution in [0.3, 0.4) is 0 Å². The van der Waals surface area contributed by atoms with Gasteiger partial charge in [-0.05, 0) is 37.4 Å². The third-order valence-electron chi connectivity index (χ3n) is 4.50. The van der Waals surface area contributed by atoms with Crippen molar-refractivity contribution in [3.05, 3.63) is 0 Å². The van der Waals surface area contributed by atoms with Crippen LogP contribution >= 0.6 is 12.2 Å². The third-order valence-corrected chi connectivity index (χ3v) is 6.65. The summed E-state index contributed by atoms with van der Waals surface area (Å²) in [5.74, 6) is 1.18. The van der Waals surface area contributed by atoms with Gasteiger partial charge in [-0.3, -0.25) is 0 Å². The van der Waals surface area contributed by atoms with E-state index in [9.17, 15) is 8.42 Å². The van der Waals surface area contributed by atoms with E-state index in [0.29, 0.717) is 29.2 Å². The lowest BCUT2D eigenvalue weighted by molar-refractivity contribution is 0.294. The first-order valence-corrected chi connectivity index (χ1v) is 9.36. The minimum absolute atomic E-state index is 0.0453. The Hall–Kier alpha value is -0.360. The largest absolute Gasteiger partial charge is 0.360 e. The van der Waals surface area contributed by atoms with Gasteiger partial charge < -0.3 is 10.2 Å². The van der Waals surface area contributed by atoms with Gasteiger partial charge in [0.15, 0.2) is 14.9 Å². The van der Waals surface area contributed by atoms with E-state index >= 15 is 0 Å². The van der Waals surface area contributed by atoms with Crippen molar-refractivity contribution >= 4 is 27.2 Å². The molecule has 4 nitrogen and oxygen atoms in total. The van der Waals surface area contributed by atoms with Crippen molar-refractivity contribution < 1.29 is 8.42 Å². The number of hydrogen-bond acceptors (Lipinski definition) is 3. The molecule has 1 heterocycles. The Balaban J connectivity index is 1.89. The summed E-state index contributed by atoms with van der Waals surface area (Å²) < 4.78 is 23.0. The first-order valence-electron chi connectivity index (χ1n) is 7.13. The second kappa shape index (κ2) is 5.95. The van der Waals surface area contributed by atoms with Crippen LogP contribution in [-0.4, -0.2) is 49.1 Å². The average molecular weight is 304 g/mol. The zero-order valence-corrected chi connectivity index (χ0v) is 13.4. The Kier molecular flexibility index (Phi) is 4.71. The summed E-state index contributed by atoms with van der Waals surface area (Å²) in [7, 11) is -0.936. The normalized spacial score (nSPS) is 33.9. The van der Waals surface area contributed by atoms with Gasteiger partial charge in [-0.2, -0.15) is 0 Å². The standard InChI is InChI=1S/C13H24N2O2S2/c1-10-5-3-4-6-12(10)14-13(18)15(2)11-7-8-19(16,17)9-11/h10-12H,3-9H2,1-2H3,(H,14,18). The third kappa shape index (κ3) is 3.81. The quantitative estimate of drug-likeness (QED) is 0.785. The first-order chi connectivity index (χ1) is 8.89. The Morgan fingerprint density at radius 3 is 2.53 bits per heavy atom. The van der Waals surface area contributed by atoms with Crippen molar-refractivity contribution in [1.29, 1.82) is 0 Å². The molecule has 1 N–H and O–H groups in total. The fraction of sp³-hybridized carbons (Fsp3) is 0.923. The lowest BCUT2D eigenvalue weighted by Gasteiger charge is -2.34. The van der Waals surface area contributed by atoms with Gasteiger partial charge in [-0.1, -0.05) is 19.8 Å². The van der Waals surface area contributed by atoms with E-state index in [1.807, 2.05) is 11.9 Å². The van der Waals surface area contributed by atoms with Crippen LogP contribution in [0.15, 0.2) is 0 Å². The summed E-state index contributed by atoms with van der Waals surface area (Å²) in [4.78, 5) is 1.95. The molecule has 0 aromatic heterocycles. The zero-order chi connectivity index (χ0) is 14.0. The SMILES string of the molecule is CC1CCCCC1NC(=S)N(C)C1CCS(=O)(=O)C1. The van der Waals surface area contributed by atoms with Crippen LogP contribution in [-0.2, 0) is 9.84 Å². The highest BCUT2D eigenvalue weighted by Crippen LogP contribution is 2.24. The topological polar surface area (TPSA) is 49.4 Å². The van der Waals surface area contributed by atoms with Gasteiger partial charge in [-0.15, -0.1) is 0 Å². The molecule has 19 heavy (non-hydrogen) atoms. The number of nitrogens with zero attached hydrogens (tertiary/aromatic N) is 1. The zero-order valence-electron chi connectivity index (χ0n) is 11.8. The highest BCUT2D eigenvalue weighted by molar-refractivity contribution is 7.91. The second-order valence-corrected chi connectivity index (χ2v) is 8.60. The summed E-state index contributed by atoms with van der Waals surface area (Å²) in [5.41, 5.74) is 0. The summed E-state index contributed by atoms with van der Waals surface area (Å²) in [6, 6.07) is 0.491. The number of nitrogens with one attached hydrogen (secondary N) is 1. The molecule has 0 spiro atoms. The number of sulfone groups is 1. The molecule has 0 aromatic rings. The predicted molar refractivity (Wildman–Crippen MR) is 82.0 cm³/mol. The van der Waals surface area contributed by atoms with Gasteiger partial charge in [0.05, 0.1) is 11.5 Å². The fourth-order valence-corrected chi connectivity index (χ4v) is 5.11. The van der Waals surface area contributed by atoms with Crippen molar-refractivity contribution in [2.45, 2.75) is 51.1 Å². The van der Waals surface area contributed by atoms with E-state index in [-0.39, 0.29) is 11.8 Å². The molecule has 1 saturated heterocycles. The molecule has 2 aliphatic rings. The van der Waals surface area contributed by atoms with E-state index in [0.717, 1.165) is 6.42 Å². The summed E-state index contributed by atoms with van der Waals surface area (Å²) in [6.07, 6.45) is 5.68. The van der Waals surface area contributed by atoms with Crippen molar-refractivity contribution in [1.82, 2.24) is 10.2 Å². The van der Waals surface area contributed by atoms with E-state index in [1.54, 1.807) is 0 Å². The molecule has 1 aliphatic heterocycles. The molecule has 0 amide bonds. The van der Waals surface area contributed by atoms with Gasteiger partial charge in [-0.25, -0.2) is 8.42 Å². The minimum atomic E-state index is -2.85. The van der Waals surface area contributed by atoms with Gasteiger partial charge in [0.25, 0.3) is 0 Å². The average Bonchev–Trinajstić information content (AvgIpc) is 2.71. The summed E-state index contributed by atoms with van der Waals surface area (Å²) >= 11 is 5.44. The van der Waals surface area contributed by atoms with E-state index in [1.165, 1.54) is 19.3 Å². The molecule has 3 unspecified atom stereocenters. The molecular formula is C13H24N2O2S2. The van der Waals surface area contributed by atoms with Crippen LogP contribution in [0.1, 0.15) is 39.0 Å². The summed E-state index contributed by atoms with van der Waals surface area (Å²) in [5, 5.41) is 4.14. The van der Waals surface area contributed by atoms with Crippen LogP contribution in [0.2, 0.25) is 0 Å². The molecule has 0 radical (unpaired) electrons. The van der Waals surface area contributed by atoms with Crippen molar-refractivity contribution in [2.24, 2.45) is 5.92 Å². The molecule has 3 atom stereocenters. The van der Waals surface area contributed by atoms with E-state index < -0.39 is 9.84 Å². The van der Waals surface area contributed by atoms with Crippen LogP contribution in [0.4, 0.5) is 0 Å². The number of rotatable bonds is 2. The molecule has 0 bridgehead atoms. The predicted octanol–water partition coefficient (Wildman–Crippen LogP) is 1.56. The molecule has 6 heteroatoms. The molecule has 110 valence electrons. The number of hydrogen-bond donors (Lipinski definition) is 1. The van der Waals surface area contributed by atoms with Crippen LogP contribution in [0.5, 0.6) is 0 Å². The molecule has 2 fully saturated rings. The van der Waals surface area contributed by atoms with Gasteiger partial charge in [0.1, 0.15) is 0 Å². The highest BCUT2D eigenvalue weighted by atomic mass is 32.2. The van der Waals surface area contributed by atoms with Crippen LogP contribution < -0.4 is 5.32 Å². The molecule has 2 rings (SSSR count). The van der Waals surface area contributed by atoms with Crippen molar-refractivity contribution in [3.8, 4) is 0 Å². The Bertz CT molecular complexity index is 436. The van der Waals surface area contributed by atoms with Crippen molar-refractivity contribution in [2.75, 3.05) is 18.6 Å². The Morgan fingerprint density at radius 2 is 1.95 bits per heavy atom.